The van der Waals surface area contributed by atoms with Crippen LogP contribution in [-0.4, -0.2) is 60.3 Å². The monoisotopic (exact) mass is 349 g/mol. The zero-order valence-electron chi connectivity index (χ0n) is 15.0. The molecule has 1 unspecified atom stereocenters. The molecule has 1 atom stereocenters. The maximum atomic E-state index is 12.4. The number of benzene rings is 1. The van der Waals surface area contributed by atoms with Gasteiger partial charge in [-0.25, -0.2) is 4.79 Å². The van der Waals surface area contributed by atoms with Crippen LogP contribution in [-0.2, 0) is 0 Å². The van der Waals surface area contributed by atoms with Crippen LogP contribution in [0.4, 0.5) is 4.79 Å². The summed E-state index contributed by atoms with van der Waals surface area (Å²) in [5, 5.41) is 3.69. The SMILES string of the molecule is CCN(CC)CCNC(=O)N1CCCC(Sc2ccccc2)CC1. The lowest BCUT2D eigenvalue weighted by atomic mass is 10.2. The summed E-state index contributed by atoms with van der Waals surface area (Å²) in [6.07, 6.45) is 3.35. The minimum absolute atomic E-state index is 0.104. The van der Waals surface area contributed by atoms with Gasteiger partial charge in [-0.3, -0.25) is 0 Å². The van der Waals surface area contributed by atoms with Crippen molar-refractivity contribution in [1.29, 1.82) is 0 Å². The van der Waals surface area contributed by atoms with E-state index in [0.717, 1.165) is 52.1 Å². The molecular formula is C19H31N3OS. The smallest absolute Gasteiger partial charge is 0.317 e. The van der Waals surface area contributed by atoms with Crippen LogP contribution in [0.1, 0.15) is 33.1 Å². The number of hydrogen-bond donors (Lipinski definition) is 1. The molecule has 1 heterocycles. The Morgan fingerprint density at radius 2 is 1.96 bits per heavy atom. The number of likely N-dealkylation sites (tertiary alicyclic amines) is 1. The second-order valence-corrected chi connectivity index (χ2v) is 7.60. The van der Waals surface area contributed by atoms with E-state index in [-0.39, 0.29) is 6.03 Å². The van der Waals surface area contributed by atoms with Gasteiger partial charge in [0.1, 0.15) is 0 Å². The fraction of sp³-hybridized carbons (Fsp3) is 0.632. The molecule has 1 fully saturated rings. The number of carbonyl (C=O) groups excluding carboxylic acids is 1. The first-order chi connectivity index (χ1) is 11.7. The van der Waals surface area contributed by atoms with Crippen molar-refractivity contribution < 1.29 is 4.79 Å². The van der Waals surface area contributed by atoms with Gasteiger partial charge in [-0.2, -0.15) is 0 Å². The van der Waals surface area contributed by atoms with Crippen LogP contribution in [0.15, 0.2) is 35.2 Å². The number of nitrogens with zero attached hydrogens (tertiary/aromatic N) is 2. The normalized spacial score (nSPS) is 18.5. The molecule has 1 aliphatic heterocycles. The molecule has 1 aliphatic rings. The fourth-order valence-corrected chi connectivity index (χ4v) is 4.26. The number of carbonyl (C=O) groups is 1. The molecule has 0 aromatic heterocycles. The molecule has 0 aliphatic carbocycles. The molecule has 1 aromatic rings. The van der Waals surface area contributed by atoms with Crippen molar-refractivity contribution in [1.82, 2.24) is 15.1 Å². The lowest BCUT2D eigenvalue weighted by Gasteiger charge is -2.23. The van der Waals surface area contributed by atoms with E-state index in [1.807, 2.05) is 16.7 Å². The molecule has 0 radical (unpaired) electrons. The highest BCUT2D eigenvalue weighted by molar-refractivity contribution is 8.00. The number of likely N-dealkylation sites (N-methyl/N-ethyl adjacent to an activating group) is 1. The second kappa shape index (κ2) is 10.6. The van der Waals surface area contributed by atoms with Crippen LogP contribution >= 0.6 is 11.8 Å². The first-order valence-corrected chi connectivity index (χ1v) is 10.1. The van der Waals surface area contributed by atoms with E-state index >= 15 is 0 Å². The highest BCUT2D eigenvalue weighted by atomic mass is 32.2. The van der Waals surface area contributed by atoms with Crippen molar-refractivity contribution in [3.63, 3.8) is 0 Å². The number of rotatable bonds is 7. The van der Waals surface area contributed by atoms with Crippen LogP contribution in [0, 0.1) is 0 Å². The van der Waals surface area contributed by atoms with Crippen molar-refractivity contribution in [2.24, 2.45) is 0 Å². The van der Waals surface area contributed by atoms with Gasteiger partial charge in [0.15, 0.2) is 0 Å². The zero-order chi connectivity index (χ0) is 17.2. The standard InChI is InChI=1S/C19H31N3OS/c1-3-21(4-2)16-13-20-19(23)22-14-8-11-18(12-15-22)24-17-9-6-5-7-10-17/h5-7,9-10,18H,3-4,8,11-16H2,1-2H3,(H,20,23). The molecule has 2 rings (SSSR count). The predicted octanol–water partition coefficient (Wildman–Crippen LogP) is 3.68. The van der Waals surface area contributed by atoms with Crippen LogP contribution < -0.4 is 5.32 Å². The summed E-state index contributed by atoms with van der Waals surface area (Å²) in [6, 6.07) is 10.7. The van der Waals surface area contributed by atoms with E-state index in [4.69, 9.17) is 0 Å². The molecular weight excluding hydrogens is 318 g/mol. The summed E-state index contributed by atoms with van der Waals surface area (Å²) >= 11 is 1.95. The highest BCUT2D eigenvalue weighted by Crippen LogP contribution is 2.30. The van der Waals surface area contributed by atoms with Gasteiger partial charge in [0.25, 0.3) is 0 Å². The summed E-state index contributed by atoms with van der Waals surface area (Å²) < 4.78 is 0. The Hall–Kier alpha value is -1.20. The molecule has 0 spiro atoms. The molecule has 134 valence electrons. The Balaban J connectivity index is 1.72. The first-order valence-electron chi connectivity index (χ1n) is 9.19. The van der Waals surface area contributed by atoms with Gasteiger partial charge in [-0.15, -0.1) is 11.8 Å². The van der Waals surface area contributed by atoms with Crippen molar-refractivity contribution in [2.45, 2.75) is 43.3 Å². The number of thioether (sulfide) groups is 1. The van der Waals surface area contributed by atoms with Crippen LogP contribution in [0.2, 0.25) is 0 Å². The predicted molar refractivity (Wildman–Crippen MR) is 103 cm³/mol. The third kappa shape index (κ3) is 6.36. The minimum atomic E-state index is 0.104. The van der Waals surface area contributed by atoms with Crippen LogP contribution in [0.25, 0.3) is 0 Å². The van der Waals surface area contributed by atoms with Crippen LogP contribution in [0.5, 0.6) is 0 Å². The minimum Gasteiger partial charge on any atom is -0.337 e. The quantitative estimate of drug-likeness (QED) is 0.815. The average molecular weight is 350 g/mol. The van der Waals surface area contributed by atoms with Gasteiger partial charge in [0, 0.05) is 36.3 Å². The zero-order valence-corrected chi connectivity index (χ0v) is 15.9. The third-order valence-corrected chi connectivity index (χ3v) is 5.96. The first kappa shape index (κ1) is 19.1. The summed E-state index contributed by atoms with van der Waals surface area (Å²) in [6.45, 7) is 9.79. The van der Waals surface area contributed by atoms with E-state index in [9.17, 15) is 4.79 Å². The number of nitrogens with one attached hydrogen (secondary N) is 1. The van der Waals surface area contributed by atoms with E-state index in [2.05, 4.69) is 54.4 Å². The summed E-state index contributed by atoms with van der Waals surface area (Å²) in [4.78, 5) is 18.0. The third-order valence-electron chi connectivity index (χ3n) is 4.61. The van der Waals surface area contributed by atoms with Gasteiger partial charge < -0.3 is 15.1 Å². The van der Waals surface area contributed by atoms with Gasteiger partial charge in [-0.1, -0.05) is 32.0 Å². The lowest BCUT2D eigenvalue weighted by Crippen LogP contribution is -2.43. The number of hydrogen-bond acceptors (Lipinski definition) is 3. The fourth-order valence-electron chi connectivity index (χ4n) is 3.05. The van der Waals surface area contributed by atoms with Gasteiger partial charge >= 0.3 is 6.03 Å². The molecule has 0 saturated carbocycles. The molecule has 1 aromatic carbocycles. The second-order valence-electron chi connectivity index (χ2n) is 6.23. The molecule has 24 heavy (non-hydrogen) atoms. The Morgan fingerprint density at radius 3 is 2.67 bits per heavy atom. The summed E-state index contributed by atoms with van der Waals surface area (Å²) in [5.74, 6) is 0. The molecule has 2 amide bonds. The maximum Gasteiger partial charge on any atom is 0.317 e. The summed E-state index contributed by atoms with van der Waals surface area (Å²) in [5.41, 5.74) is 0. The average Bonchev–Trinajstić information content (AvgIpc) is 2.85. The van der Waals surface area contributed by atoms with Crippen molar-refractivity contribution in [3.05, 3.63) is 30.3 Å². The molecule has 1 saturated heterocycles. The summed E-state index contributed by atoms with van der Waals surface area (Å²) in [7, 11) is 0. The van der Waals surface area contributed by atoms with E-state index in [1.54, 1.807) is 0 Å². The highest BCUT2D eigenvalue weighted by Gasteiger charge is 2.21. The Morgan fingerprint density at radius 1 is 1.21 bits per heavy atom. The Labute approximate surface area is 151 Å². The van der Waals surface area contributed by atoms with Crippen molar-refractivity contribution >= 4 is 17.8 Å². The largest absolute Gasteiger partial charge is 0.337 e. The molecule has 5 heteroatoms. The maximum absolute atomic E-state index is 12.4. The van der Waals surface area contributed by atoms with E-state index in [0.29, 0.717) is 5.25 Å². The molecule has 4 nitrogen and oxygen atoms in total. The van der Waals surface area contributed by atoms with Crippen molar-refractivity contribution in [3.8, 4) is 0 Å². The van der Waals surface area contributed by atoms with Gasteiger partial charge in [-0.05, 0) is 44.5 Å². The topological polar surface area (TPSA) is 35.6 Å². The van der Waals surface area contributed by atoms with E-state index < -0.39 is 0 Å². The lowest BCUT2D eigenvalue weighted by molar-refractivity contribution is 0.197. The van der Waals surface area contributed by atoms with Crippen molar-refractivity contribution in [2.75, 3.05) is 39.3 Å². The number of amides is 2. The van der Waals surface area contributed by atoms with Gasteiger partial charge in [0.2, 0.25) is 0 Å². The Bertz CT molecular complexity index is 479. The van der Waals surface area contributed by atoms with Crippen LogP contribution in [0.3, 0.4) is 0 Å². The van der Waals surface area contributed by atoms with E-state index in [1.165, 1.54) is 11.3 Å². The molecule has 0 bridgehead atoms. The Kier molecular flexibility index (Phi) is 8.47. The van der Waals surface area contributed by atoms with Gasteiger partial charge in [0.05, 0.1) is 0 Å². The number of urea groups is 1. The molecule has 1 N–H and O–H groups in total.